The lowest BCUT2D eigenvalue weighted by Gasteiger charge is -2.22. The van der Waals surface area contributed by atoms with Crippen LogP contribution < -0.4 is 10.2 Å². The van der Waals surface area contributed by atoms with Crippen molar-refractivity contribution in [2.75, 3.05) is 25.0 Å². The number of benzene rings is 1. The van der Waals surface area contributed by atoms with Crippen LogP contribution in [0.2, 0.25) is 0 Å². The highest BCUT2D eigenvalue weighted by atomic mass is 16.1. The van der Waals surface area contributed by atoms with E-state index < -0.39 is 0 Å². The van der Waals surface area contributed by atoms with E-state index in [1.165, 1.54) is 0 Å². The molecule has 4 nitrogen and oxygen atoms in total. The Morgan fingerprint density at radius 2 is 2.12 bits per heavy atom. The minimum Gasteiger partial charge on any atom is -0.361 e. The molecule has 1 N–H and O–H groups in total. The summed E-state index contributed by atoms with van der Waals surface area (Å²) in [5, 5.41) is 11.2. The van der Waals surface area contributed by atoms with Gasteiger partial charge in [0.15, 0.2) is 0 Å². The zero-order valence-corrected chi connectivity index (χ0v) is 9.31. The summed E-state index contributed by atoms with van der Waals surface area (Å²) < 4.78 is 0. The van der Waals surface area contributed by atoms with E-state index in [2.05, 4.69) is 11.4 Å². The summed E-state index contributed by atoms with van der Waals surface area (Å²) in [5.74, 6) is -0.0539. The normalized spacial score (nSPS) is 9.25. The molecule has 0 saturated heterocycles. The van der Waals surface area contributed by atoms with E-state index in [4.69, 9.17) is 5.26 Å². The summed E-state index contributed by atoms with van der Waals surface area (Å²) in [6, 6.07) is 11.7. The number of para-hydroxylation sites is 1. The van der Waals surface area contributed by atoms with Crippen molar-refractivity contribution < 1.29 is 4.79 Å². The van der Waals surface area contributed by atoms with Crippen LogP contribution in [0.4, 0.5) is 5.69 Å². The summed E-state index contributed by atoms with van der Waals surface area (Å²) in [4.78, 5) is 13.2. The summed E-state index contributed by atoms with van der Waals surface area (Å²) in [6.07, 6.45) is 0.409. The van der Waals surface area contributed by atoms with Crippen molar-refractivity contribution >= 4 is 11.6 Å². The molecule has 0 aliphatic rings. The van der Waals surface area contributed by atoms with E-state index in [0.717, 1.165) is 5.69 Å². The molecule has 0 bridgehead atoms. The Bertz CT molecular complexity index is 370. The van der Waals surface area contributed by atoms with Crippen LogP contribution in [0, 0.1) is 11.3 Å². The molecule has 0 aliphatic heterocycles. The third-order valence-corrected chi connectivity index (χ3v) is 2.23. The van der Waals surface area contributed by atoms with Gasteiger partial charge >= 0.3 is 0 Å². The second-order valence-electron chi connectivity index (χ2n) is 3.34. The molecule has 0 aliphatic carbocycles. The van der Waals surface area contributed by atoms with Crippen LogP contribution in [0.15, 0.2) is 30.3 Å². The van der Waals surface area contributed by atoms with E-state index >= 15 is 0 Å². The molecule has 0 aromatic heterocycles. The summed E-state index contributed by atoms with van der Waals surface area (Å²) in [6.45, 7) is 0.843. The van der Waals surface area contributed by atoms with E-state index in [1.54, 1.807) is 7.05 Å². The lowest BCUT2D eigenvalue weighted by atomic mass is 10.2. The van der Waals surface area contributed by atoms with Gasteiger partial charge in [0.25, 0.3) is 0 Å². The number of amides is 1. The van der Waals surface area contributed by atoms with Crippen LogP contribution in [0.1, 0.15) is 6.42 Å². The van der Waals surface area contributed by atoms with Crippen molar-refractivity contribution in [1.29, 1.82) is 5.26 Å². The monoisotopic (exact) mass is 217 g/mol. The average Bonchev–Trinajstić information content (AvgIpc) is 2.35. The lowest BCUT2D eigenvalue weighted by Crippen LogP contribution is -2.36. The summed E-state index contributed by atoms with van der Waals surface area (Å²) >= 11 is 0. The minimum atomic E-state index is -0.0539. The molecular weight excluding hydrogens is 202 g/mol. The largest absolute Gasteiger partial charge is 0.361 e. The van der Waals surface area contributed by atoms with Crippen molar-refractivity contribution in [3.63, 3.8) is 0 Å². The van der Waals surface area contributed by atoms with E-state index in [1.807, 2.05) is 35.2 Å². The predicted molar refractivity (Wildman–Crippen MR) is 63.0 cm³/mol. The topological polar surface area (TPSA) is 56.1 Å². The van der Waals surface area contributed by atoms with E-state index in [0.29, 0.717) is 13.0 Å². The molecule has 0 fully saturated rings. The van der Waals surface area contributed by atoms with Crippen LogP contribution in [-0.2, 0) is 4.79 Å². The molecular formula is C12H15N3O. The highest BCUT2D eigenvalue weighted by Gasteiger charge is 2.09. The van der Waals surface area contributed by atoms with Gasteiger partial charge < -0.3 is 10.2 Å². The Hall–Kier alpha value is -2.02. The SMILES string of the molecule is CNC(=O)CN(CCC#N)c1ccccc1. The van der Waals surface area contributed by atoms with Crippen LogP contribution in [-0.4, -0.2) is 26.0 Å². The summed E-state index contributed by atoms with van der Waals surface area (Å²) in [7, 11) is 1.61. The molecule has 1 amide bonds. The van der Waals surface area contributed by atoms with Crippen LogP contribution in [0.5, 0.6) is 0 Å². The number of nitrogens with one attached hydrogen (secondary N) is 1. The molecule has 0 unspecified atom stereocenters. The highest BCUT2D eigenvalue weighted by Crippen LogP contribution is 2.12. The van der Waals surface area contributed by atoms with Gasteiger partial charge in [-0.15, -0.1) is 0 Å². The van der Waals surface area contributed by atoms with Gasteiger partial charge in [-0.1, -0.05) is 18.2 Å². The molecule has 0 radical (unpaired) electrons. The van der Waals surface area contributed by atoms with Crippen molar-refractivity contribution in [1.82, 2.24) is 5.32 Å². The zero-order chi connectivity index (χ0) is 11.8. The van der Waals surface area contributed by atoms with Gasteiger partial charge in [-0.05, 0) is 12.1 Å². The van der Waals surface area contributed by atoms with Crippen molar-refractivity contribution in [3.05, 3.63) is 30.3 Å². The first-order valence-electron chi connectivity index (χ1n) is 5.15. The fourth-order valence-corrected chi connectivity index (χ4v) is 1.38. The fraction of sp³-hybridized carbons (Fsp3) is 0.333. The molecule has 0 spiro atoms. The summed E-state index contributed by atoms with van der Waals surface area (Å²) in [5.41, 5.74) is 0.960. The first-order chi connectivity index (χ1) is 7.77. The Labute approximate surface area is 95.5 Å². The van der Waals surface area contributed by atoms with Crippen LogP contribution >= 0.6 is 0 Å². The molecule has 84 valence electrons. The maximum Gasteiger partial charge on any atom is 0.239 e. The zero-order valence-electron chi connectivity index (χ0n) is 9.31. The third-order valence-electron chi connectivity index (χ3n) is 2.23. The highest BCUT2D eigenvalue weighted by molar-refractivity contribution is 5.81. The van der Waals surface area contributed by atoms with E-state index in [-0.39, 0.29) is 12.5 Å². The number of carbonyl (C=O) groups excluding carboxylic acids is 1. The Kier molecular flexibility index (Phi) is 4.87. The smallest absolute Gasteiger partial charge is 0.239 e. The van der Waals surface area contributed by atoms with Gasteiger partial charge in [0, 0.05) is 19.3 Å². The second kappa shape index (κ2) is 6.46. The molecule has 1 aromatic rings. The van der Waals surface area contributed by atoms with Crippen molar-refractivity contribution in [2.24, 2.45) is 0 Å². The Morgan fingerprint density at radius 1 is 1.44 bits per heavy atom. The first-order valence-corrected chi connectivity index (χ1v) is 5.15. The van der Waals surface area contributed by atoms with Gasteiger partial charge in [0.2, 0.25) is 5.91 Å². The third kappa shape index (κ3) is 3.62. The Morgan fingerprint density at radius 3 is 2.69 bits per heavy atom. The number of nitrogens with zero attached hydrogens (tertiary/aromatic N) is 2. The van der Waals surface area contributed by atoms with Crippen LogP contribution in [0.25, 0.3) is 0 Å². The average molecular weight is 217 g/mol. The fourth-order valence-electron chi connectivity index (χ4n) is 1.38. The van der Waals surface area contributed by atoms with Crippen molar-refractivity contribution in [2.45, 2.75) is 6.42 Å². The van der Waals surface area contributed by atoms with Gasteiger partial charge in [-0.3, -0.25) is 4.79 Å². The van der Waals surface area contributed by atoms with E-state index in [9.17, 15) is 4.79 Å². The quantitative estimate of drug-likeness (QED) is 0.805. The van der Waals surface area contributed by atoms with Gasteiger partial charge in [0.1, 0.15) is 0 Å². The molecule has 1 aromatic carbocycles. The maximum absolute atomic E-state index is 11.3. The van der Waals surface area contributed by atoms with Crippen molar-refractivity contribution in [3.8, 4) is 6.07 Å². The molecule has 4 heteroatoms. The van der Waals surface area contributed by atoms with Gasteiger partial charge in [0.05, 0.1) is 19.0 Å². The number of carbonyl (C=O) groups is 1. The second-order valence-corrected chi connectivity index (χ2v) is 3.34. The maximum atomic E-state index is 11.3. The number of likely N-dealkylation sites (N-methyl/N-ethyl adjacent to an activating group) is 1. The Balaban J connectivity index is 2.71. The lowest BCUT2D eigenvalue weighted by molar-refractivity contribution is -0.119. The van der Waals surface area contributed by atoms with Gasteiger partial charge in [-0.2, -0.15) is 5.26 Å². The molecule has 0 atom stereocenters. The first kappa shape index (κ1) is 12.1. The minimum absolute atomic E-state index is 0.0539. The molecule has 16 heavy (non-hydrogen) atoms. The number of anilines is 1. The van der Waals surface area contributed by atoms with Gasteiger partial charge in [-0.25, -0.2) is 0 Å². The number of hydrogen-bond acceptors (Lipinski definition) is 3. The molecule has 0 saturated carbocycles. The number of rotatable bonds is 5. The van der Waals surface area contributed by atoms with Crippen LogP contribution in [0.3, 0.4) is 0 Å². The predicted octanol–water partition coefficient (Wildman–Crippen LogP) is 1.15. The number of nitriles is 1. The molecule has 1 rings (SSSR count). The standard InChI is InChI=1S/C12H15N3O/c1-14-12(16)10-15(9-5-8-13)11-6-3-2-4-7-11/h2-4,6-7H,5,9-10H2,1H3,(H,14,16). The number of hydrogen-bond donors (Lipinski definition) is 1. The molecule has 0 heterocycles.